The predicted molar refractivity (Wildman–Crippen MR) is 166 cm³/mol. The summed E-state index contributed by atoms with van der Waals surface area (Å²) in [6.45, 7) is 12.7. The second kappa shape index (κ2) is 12.0. The first-order chi connectivity index (χ1) is 20.6. The minimum Gasteiger partial charge on any atom is -0.350 e. The van der Waals surface area contributed by atoms with E-state index in [4.69, 9.17) is 16.6 Å². The lowest BCUT2D eigenvalue weighted by Crippen LogP contribution is -2.54. The molecule has 222 valence electrons. The van der Waals surface area contributed by atoms with Gasteiger partial charge in [-0.05, 0) is 49.1 Å². The number of aryl methyl sites for hydroxylation is 1. The van der Waals surface area contributed by atoms with Gasteiger partial charge < -0.3 is 9.80 Å². The molecule has 0 radical (unpaired) electrons. The molecule has 11 heteroatoms. The number of amides is 1. The summed E-state index contributed by atoms with van der Waals surface area (Å²) in [5.74, 6) is -0.530. The standard InChI is InChI=1S/C32H32ClFN6O3/c1-6-20-11-12-35-27(18(3)4)29(20)40-31-22(15-23(33)28(36-31)26-21(17-41)9-8-10-24(26)34)30(37-32(40)43)39-14-13-38(16-19(39)5)25(42)7-2/h7-12,15,17-19H,2,6,13-14,16H2,1,3-5H3/t19-/m0/s1. The Kier molecular flexibility index (Phi) is 8.41. The summed E-state index contributed by atoms with van der Waals surface area (Å²) in [5, 5.41) is 0.557. The number of carbonyl (C=O) groups is 2. The molecule has 1 fully saturated rings. The number of anilines is 1. The Morgan fingerprint density at radius 1 is 1.23 bits per heavy atom. The highest BCUT2D eigenvalue weighted by atomic mass is 35.5. The van der Waals surface area contributed by atoms with Crippen molar-refractivity contribution >= 4 is 40.6 Å². The predicted octanol–water partition coefficient (Wildman–Crippen LogP) is 5.36. The topological polar surface area (TPSA) is 101 Å². The van der Waals surface area contributed by atoms with Crippen molar-refractivity contribution in [3.63, 3.8) is 0 Å². The van der Waals surface area contributed by atoms with Crippen LogP contribution in [0.4, 0.5) is 10.2 Å². The van der Waals surface area contributed by atoms with Gasteiger partial charge in [0.15, 0.2) is 11.9 Å². The molecule has 4 heterocycles. The van der Waals surface area contributed by atoms with Crippen LogP contribution < -0.4 is 10.6 Å². The molecule has 0 saturated carbocycles. The lowest BCUT2D eigenvalue weighted by atomic mass is 10.0. The molecule has 5 rings (SSSR count). The van der Waals surface area contributed by atoms with E-state index in [-0.39, 0.29) is 45.4 Å². The number of piperazine rings is 1. The molecule has 0 aliphatic carbocycles. The van der Waals surface area contributed by atoms with Gasteiger partial charge in [-0.2, -0.15) is 4.98 Å². The van der Waals surface area contributed by atoms with E-state index in [1.165, 1.54) is 28.8 Å². The highest BCUT2D eigenvalue weighted by molar-refractivity contribution is 6.34. The number of rotatable bonds is 7. The van der Waals surface area contributed by atoms with Gasteiger partial charge in [0.1, 0.15) is 11.6 Å². The van der Waals surface area contributed by atoms with Crippen molar-refractivity contribution in [2.45, 2.75) is 46.1 Å². The van der Waals surface area contributed by atoms with Crippen LogP contribution in [0.3, 0.4) is 0 Å². The Hall–Kier alpha value is -4.44. The van der Waals surface area contributed by atoms with E-state index < -0.39 is 11.5 Å². The second-order valence-electron chi connectivity index (χ2n) is 10.8. The third kappa shape index (κ3) is 5.31. The SMILES string of the molecule is C=CC(=O)N1CCN(c2nc(=O)n(-c3c(CC)ccnc3C(C)C)c3nc(-c4c(F)cccc4C=O)c(Cl)cc23)[C@@H](C)C1. The highest BCUT2D eigenvalue weighted by Gasteiger charge is 2.31. The minimum atomic E-state index is -0.670. The first-order valence-electron chi connectivity index (χ1n) is 14.1. The summed E-state index contributed by atoms with van der Waals surface area (Å²) in [5.41, 5.74) is 1.77. The molecule has 0 unspecified atom stereocenters. The first-order valence-corrected chi connectivity index (χ1v) is 14.5. The van der Waals surface area contributed by atoms with Gasteiger partial charge in [-0.15, -0.1) is 0 Å². The fourth-order valence-corrected chi connectivity index (χ4v) is 5.92. The molecule has 0 bridgehead atoms. The number of halogens is 2. The zero-order chi connectivity index (χ0) is 31.0. The molecule has 0 spiro atoms. The van der Waals surface area contributed by atoms with Crippen LogP contribution in [0.15, 0.2) is 54.0 Å². The van der Waals surface area contributed by atoms with Gasteiger partial charge in [-0.25, -0.2) is 18.7 Å². The Morgan fingerprint density at radius 3 is 2.65 bits per heavy atom. The number of carbonyl (C=O) groups excluding carboxylic acids is 2. The Morgan fingerprint density at radius 2 is 2.00 bits per heavy atom. The maximum atomic E-state index is 15.3. The van der Waals surface area contributed by atoms with Crippen molar-refractivity contribution < 1.29 is 14.0 Å². The van der Waals surface area contributed by atoms with Crippen LogP contribution in [0.25, 0.3) is 28.0 Å². The zero-order valence-corrected chi connectivity index (χ0v) is 25.2. The van der Waals surface area contributed by atoms with E-state index in [0.29, 0.717) is 54.9 Å². The molecule has 3 aromatic heterocycles. The smallest absolute Gasteiger partial charge is 0.350 e. The van der Waals surface area contributed by atoms with Crippen molar-refractivity contribution in [3.05, 3.63) is 87.3 Å². The van der Waals surface area contributed by atoms with Crippen LogP contribution in [0.2, 0.25) is 5.02 Å². The van der Waals surface area contributed by atoms with Crippen LogP contribution in [-0.2, 0) is 11.2 Å². The Balaban J connectivity index is 1.86. The molecule has 1 amide bonds. The summed E-state index contributed by atoms with van der Waals surface area (Å²) in [4.78, 5) is 56.0. The van der Waals surface area contributed by atoms with Gasteiger partial charge in [0.2, 0.25) is 5.91 Å². The maximum Gasteiger partial charge on any atom is 0.355 e. The van der Waals surface area contributed by atoms with E-state index in [1.54, 1.807) is 17.2 Å². The molecule has 1 aliphatic heterocycles. The summed E-state index contributed by atoms with van der Waals surface area (Å²) < 4.78 is 16.7. The largest absolute Gasteiger partial charge is 0.355 e. The van der Waals surface area contributed by atoms with Gasteiger partial charge in [-0.1, -0.05) is 51.1 Å². The third-order valence-corrected chi connectivity index (χ3v) is 8.07. The van der Waals surface area contributed by atoms with E-state index in [9.17, 15) is 14.4 Å². The Labute approximate surface area is 253 Å². The van der Waals surface area contributed by atoms with E-state index in [1.807, 2.05) is 38.7 Å². The van der Waals surface area contributed by atoms with Crippen molar-refractivity contribution in [2.75, 3.05) is 24.5 Å². The van der Waals surface area contributed by atoms with Crippen LogP contribution >= 0.6 is 11.6 Å². The number of aromatic nitrogens is 4. The fraction of sp³-hybridized carbons (Fsp3) is 0.312. The van der Waals surface area contributed by atoms with Crippen LogP contribution in [-0.4, -0.2) is 62.3 Å². The number of fused-ring (bicyclic) bond motifs is 1. The zero-order valence-electron chi connectivity index (χ0n) is 24.5. The van der Waals surface area contributed by atoms with Gasteiger partial charge in [0.05, 0.1) is 27.5 Å². The molecule has 1 saturated heterocycles. The molecular formula is C32H32ClFN6O3. The quantitative estimate of drug-likeness (QED) is 0.207. The Bertz CT molecular complexity index is 1820. The van der Waals surface area contributed by atoms with Gasteiger partial charge >= 0.3 is 5.69 Å². The molecular weight excluding hydrogens is 571 g/mol. The monoisotopic (exact) mass is 602 g/mol. The van der Waals surface area contributed by atoms with E-state index >= 15 is 4.39 Å². The third-order valence-electron chi connectivity index (χ3n) is 7.78. The lowest BCUT2D eigenvalue weighted by molar-refractivity contribution is -0.126. The normalized spacial score (nSPS) is 15.3. The summed E-state index contributed by atoms with van der Waals surface area (Å²) in [7, 11) is 0. The van der Waals surface area contributed by atoms with Crippen LogP contribution in [0, 0.1) is 5.82 Å². The van der Waals surface area contributed by atoms with Gasteiger partial charge in [0, 0.05) is 43.0 Å². The van der Waals surface area contributed by atoms with Crippen LogP contribution in [0.1, 0.15) is 55.2 Å². The van der Waals surface area contributed by atoms with Crippen molar-refractivity contribution in [2.24, 2.45) is 0 Å². The molecule has 0 N–H and O–H groups in total. The van der Waals surface area contributed by atoms with E-state index in [2.05, 4.69) is 16.5 Å². The van der Waals surface area contributed by atoms with Crippen molar-refractivity contribution in [1.82, 2.24) is 24.4 Å². The van der Waals surface area contributed by atoms with Crippen LogP contribution in [0.5, 0.6) is 0 Å². The number of hydrogen-bond acceptors (Lipinski definition) is 7. The molecule has 9 nitrogen and oxygen atoms in total. The number of pyridine rings is 2. The highest BCUT2D eigenvalue weighted by Crippen LogP contribution is 2.37. The fourth-order valence-electron chi connectivity index (χ4n) is 5.67. The summed E-state index contributed by atoms with van der Waals surface area (Å²) in [6.07, 6.45) is 4.14. The number of benzene rings is 1. The minimum absolute atomic E-state index is 0.0298. The first kappa shape index (κ1) is 30.0. The molecule has 4 aromatic rings. The second-order valence-corrected chi connectivity index (χ2v) is 11.2. The molecule has 1 atom stereocenters. The average molecular weight is 603 g/mol. The van der Waals surface area contributed by atoms with Crippen molar-refractivity contribution in [1.29, 1.82) is 0 Å². The summed E-state index contributed by atoms with van der Waals surface area (Å²) in [6, 6.07) is 7.41. The molecule has 43 heavy (non-hydrogen) atoms. The van der Waals surface area contributed by atoms with Gasteiger partial charge in [-0.3, -0.25) is 14.6 Å². The lowest BCUT2D eigenvalue weighted by Gasteiger charge is -2.40. The maximum absolute atomic E-state index is 15.3. The number of hydrogen-bond donors (Lipinski definition) is 0. The summed E-state index contributed by atoms with van der Waals surface area (Å²) >= 11 is 6.79. The number of nitrogens with zero attached hydrogens (tertiary/aromatic N) is 6. The molecule has 1 aliphatic rings. The van der Waals surface area contributed by atoms with Crippen molar-refractivity contribution in [3.8, 4) is 16.9 Å². The van der Waals surface area contributed by atoms with Gasteiger partial charge in [0.25, 0.3) is 0 Å². The molecule has 1 aromatic carbocycles. The van der Waals surface area contributed by atoms with E-state index in [0.717, 1.165) is 5.56 Å². The number of aldehydes is 1. The average Bonchev–Trinajstić information content (AvgIpc) is 3.00.